The number of fused-ring (bicyclic) bond motifs is 1. The summed E-state index contributed by atoms with van der Waals surface area (Å²) in [5.41, 5.74) is 2.00. The van der Waals surface area contributed by atoms with Gasteiger partial charge in [-0.05, 0) is 29.2 Å². The van der Waals surface area contributed by atoms with Crippen molar-refractivity contribution in [1.29, 1.82) is 0 Å². The number of halogens is 1. The smallest absolute Gasteiger partial charge is 0.264 e. The summed E-state index contributed by atoms with van der Waals surface area (Å²) in [7, 11) is 1.56. The van der Waals surface area contributed by atoms with Crippen LogP contribution in [0.15, 0.2) is 36.4 Å². The van der Waals surface area contributed by atoms with E-state index in [0.717, 1.165) is 4.70 Å². The highest BCUT2D eigenvalue weighted by atomic mass is 35.5. The van der Waals surface area contributed by atoms with Crippen molar-refractivity contribution in [3.8, 4) is 11.5 Å². The van der Waals surface area contributed by atoms with Crippen LogP contribution in [0.3, 0.4) is 0 Å². The first-order valence-corrected chi connectivity index (χ1v) is 9.63. The van der Waals surface area contributed by atoms with Crippen LogP contribution in [-0.2, 0) is 10.2 Å². The Morgan fingerprint density at radius 3 is 2.56 bits per heavy atom. The van der Waals surface area contributed by atoms with Gasteiger partial charge in [0.2, 0.25) is 0 Å². The molecule has 0 fully saturated rings. The Morgan fingerprint density at radius 1 is 1.22 bits per heavy atom. The van der Waals surface area contributed by atoms with Crippen LogP contribution in [0, 0.1) is 0 Å². The highest BCUT2D eigenvalue weighted by Crippen LogP contribution is 2.34. The fourth-order valence-electron chi connectivity index (χ4n) is 2.50. The Labute approximate surface area is 167 Å². The van der Waals surface area contributed by atoms with Crippen LogP contribution in [0.2, 0.25) is 5.02 Å². The zero-order chi connectivity index (χ0) is 19.6. The van der Waals surface area contributed by atoms with Crippen LogP contribution in [-0.4, -0.2) is 24.6 Å². The third kappa shape index (κ3) is 4.70. The Hall–Kier alpha value is -2.31. The van der Waals surface area contributed by atoms with E-state index in [1.807, 2.05) is 24.3 Å². The van der Waals surface area contributed by atoms with Crippen molar-refractivity contribution in [2.75, 3.05) is 19.0 Å². The predicted octanol–water partition coefficient (Wildman–Crippen LogP) is 5.27. The first-order chi connectivity index (χ1) is 12.8. The average molecular weight is 405 g/mol. The van der Waals surface area contributed by atoms with Crippen molar-refractivity contribution in [3.63, 3.8) is 0 Å². The molecule has 0 aliphatic rings. The number of nitrogens with zero attached hydrogens (tertiary/aromatic N) is 1. The topological polar surface area (TPSA) is 60.5 Å². The molecule has 0 radical (unpaired) electrons. The first kappa shape index (κ1) is 19.5. The molecule has 7 heteroatoms. The largest absolute Gasteiger partial charge is 0.495 e. The Morgan fingerprint density at radius 2 is 1.93 bits per heavy atom. The minimum atomic E-state index is -0.271. The molecule has 142 valence electrons. The fourth-order valence-corrected chi connectivity index (χ4v) is 3.62. The zero-order valence-corrected chi connectivity index (χ0v) is 17.2. The number of amides is 1. The van der Waals surface area contributed by atoms with E-state index in [-0.39, 0.29) is 17.9 Å². The molecule has 2 aromatic carbocycles. The standard InChI is InChI=1S/C20H21ClN2O3S/c1-20(2,3)12-5-7-13(8-6-12)26-11-18(24)23-19-22-15-9-14(21)16(25-4)10-17(15)27-19/h5-10H,11H2,1-4H3,(H,22,23,24). The summed E-state index contributed by atoms with van der Waals surface area (Å²) >= 11 is 7.46. The van der Waals surface area contributed by atoms with Crippen molar-refractivity contribution in [2.24, 2.45) is 0 Å². The first-order valence-electron chi connectivity index (χ1n) is 8.43. The highest BCUT2D eigenvalue weighted by molar-refractivity contribution is 7.22. The third-order valence-electron chi connectivity index (χ3n) is 4.00. The monoisotopic (exact) mass is 404 g/mol. The molecule has 3 aromatic rings. The second kappa shape index (κ2) is 7.74. The molecule has 0 bridgehead atoms. The molecule has 1 heterocycles. The molecule has 3 rings (SSSR count). The number of carbonyl (C=O) groups excluding carboxylic acids is 1. The lowest BCUT2D eigenvalue weighted by Gasteiger charge is -2.19. The van der Waals surface area contributed by atoms with E-state index in [2.05, 4.69) is 31.1 Å². The number of methoxy groups -OCH3 is 1. The van der Waals surface area contributed by atoms with E-state index in [9.17, 15) is 4.79 Å². The number of nitrogens with one attached hydrogen (secondary N) is 1. The van der Waals surface area contributed by atoms with Crippen LogP contribution in [0.1, 0.15) is 26.3 Å². The quantitative estimate of drug-likeness (QED) is 0.629. The Kier molecular flexibility index (Phi) is 5.58. The summed E-state index contributed by atoms with van der Waals surface area (Å²) in [5, 5.41) is 3.73. The molecule has 0 spiro atoms. The van der Waals surface area contributed by atoms with Gasteiger partial charge in [0.25, 0.3) is 5.91 Å². The lowest BCUT2D eigenvalue weighted by molar-refractivity contribution is -0.118. The molecule has 5 nitrogen and oxygen atoms in total. The summed E-state index contributed by atoms with van der Waals surface area (Å²) in [6, 6.07) is 11.3. The molecule has 1 amide bonds. The number of rotatable bonds is 5. The van der Waals surface area contributed by atoms with Crippen LogP contribution < -0.4 is 14.8 Å². The molecule has 0 unspecified atom stereocenters. The summed E-state index contributed by atoms with van der Waals surface area (Å²) in [5.74, 6) is 0.957. The van der Waals surface area contributed by atoms with E-state index in [4.69, 9.17) is 21.1 Å². The van der Waals surface area contributed by atoms with E-state index >= 15 is 0 Å². The van der Waals surface area contributed by atoms with Gasteiger partial charge in [-0.1, -0.05) is 55.8 Å². The van der Waals surface area contributed by atoms with Crippen LogP contribution in [0.25, 0.3) is 10.2 Å². The van der Waals surface area contributed by atoms with Gasteiger partial charge in [0.15, 0.2) is 11.7 Å². The molecule has 0 aliphatic carbocycles. The van der Waals surface area contributed by atoms with Gasteiger partial charge in [-0.25, -0.2) is 4.98 Å². The van der Waals surface area contributed by atoms with Gasteiger partial charge in [-0.15, -0.1) is 0 Å². The summed E-state index contributed by atoms with van der Waals surface area (Å²) in [4.78, 5) is 16.5. The molecule has 0 atom stereocenters. The summed E-state index contributed by atoms with van der Waals surface area (Å²) < 4.78 is 11.6. The van der Waals surface area contributed by atoms with Crippen molar-refractivity contribution in [2.45, 2.75) is 26.2 Å². The number of ether oxygens (including phenoxy) is 2. The molecule has 0 aliphatic heterocycles. The van der Waals surface area contributed by atoms with Crippen LogP contribution in [0.4, 0.5) is 5.13 Å². The highest BCUT2D eigenvalue weighted by Gasteiger charge is 2.14. The van der Waals surface area contributed by atoms with E-state index in [0.29, 0.717) is 27.2 Å². The lowest BCUT2D eigenvalue weighted by Crippen LogP contribution is -2.20. The predicted molar refractivity (Wildman–Crippen MR) is 110 cm³/mol. The van der Waals surface area contributed by atoms with Crippen molar-refractivity contribution < 1.29 is 14.3 Å². The minimum absolute atomic E-state index is 0.0777. The number of anilines is 1. The summed E-state index contributed by atoms with van der Waals surface area (Å²) in [6.07, 6.45) is 0. The molecule has 0 saturated heterocycles. The van der Waals surface area contributed by atoms with Gasteiger partial charge in [0.05, 0.1) is 22.3 Å². The van der Waals surface area contributed by atoms with E-state index < -0.39 is 0 Å². The SMILES string of the molecule is COc1cc2sc(NC(=O)COc3ccc(C(C)(C)C)cc3)nc2cc1Cl. The van der Waals surface area contributed by atoms with Crippen molar-refractivity contribution in [1.82, 2.24) is 4.98 Å². The van der Waals surface area contributed by atoms with Gasteiger partial charge in [-0.3, -0.25) is 10.1 Å². The average Bonchev–Trinajstić information content (AvgIpc) is 2.99. The minimum Gasteiger partial charge on any atom is -0.495 e. The summed E-state index contributed by atoms with van der Waals surface area (Å²) in [6.45, 7) is 6.36. The lowest BCUT2D eigenvalue weighted by atomic mass is 9.87. The maximum Gasteiger partial charge on any atom is 0.264 e. The molecular weight excluding hydrogens is 384 g/mol. The fraction of sp³-hybridized carbons (Fsp3) is 0.300. The van der Waals surface area contributed by atoms with Gasteiger partial charge in [-0.2, -0.15) is 0 Å². The number of thiazole rings is 1. The normalized spacial score (nSPS) is 11.4. The molecular formula is C20H21ClN2O3S. The zero-order valence-electron chi connectivity index (χ0n) is 15.6. The Bertz CT molecular complexity index is 962. The number of benzene rings is 2. The van der Waals surface area contributed by atoms with E-state index in [1.165, 1.54) is 16.9 Å². The molecule has 27 heavy (non-hydrogen) atoms. The second-order valence-corrected chi connectivity index (χ2v) is 8.52. The maximum atomic E-state index is 12.2. The van der Waals surface area contributed by atoms with Gasteiger partial charge in [0, 0.05) is 6.07 Å². The Balaban J connectivity index is 1.61. The van der Waals surface area contributed by atoms with Crippen LogP contribution >= 0.6 is 22.9 Å². The third-order valence-corrected chi connectivity index (χ3v) is 5.23. The number of hydrogen-bond acceptors (Lipinski definition) is 5. The van der Waals surface area contributed by atoms with Gasteiger partial charge in [0.1, 0.15) is 11.5 Å². The van der Waals surface area contributed by atoms with E-state index in [1.54, 1.807) is 19.2 Å². The number of carbonyl (C=O) groups is 1. The molecule has 1 N–H and O–H groups in total. The molecule has 1 aromatic heterocycles. The van der Waals surface area contributed by atoms with Gasteiger partial charge >= 0.3 is 0 Å². The van der Waals surface area contributed by atoms with Gasteiger partial charge < -0.3 is 9.47 Å². The van der Waals surface area contributed by atoms with Crippen molar-refractivity contribution in [3.05, 3.63) is 47.0 Å². The second-order valence-electron chi connectivity index (χ2n) is 7.08. The number of hydrogen-bond donors (Lipinski definition) is 1. The van der Waals surface area contributed by atoms with Crippen molar-refractivity contribution >= 4 is 44.2 Å². The number of aromatic nitrogens is 1. The van der Waals surface area contributed by atoms with Crippen LogP contribution in [0.5, 0.6) is 11.5 Å². The molecule has 0 saturated carbocycles. The maximum absolute atomic E-state index is 12.2.